The van der Waals surface area contributed by atoms with Gasteiger partial charge in [-0.05, 0) is 49.4 Å². The van der Waals surface area contributed by atoms with Crippen LogP contribution in [-0.2, 0) is 11.3 Å². The molecule has 1 heterocycles. The van der Waals surface area contributed by atoms with Gasteiger partial charge in [0.15, 0.2) is 0 Å². The highest BCUT2D eigenvalue weighted by Crippen LogP contribution is 2.22. The Hall–Kier alpha value is -1.46. The van der Waals surface area contributed by atoms with E-state index in [1.54, 1.807) is 13.0 Å². The highest BCUT2D eigenvalue weighted by atomic mass is 19.1. The second-order valence-electron chi connectivity index (χ2n) is 6.25. The average Bonchev–Trinajstić information content (AvgIpc) is 2.49. The van der Waals surface area contributed by atoms with Gasteiger partial charge in [0.1, 0.15) is 5.82 Å². The van der Waals surface area contributed by atoms with E-state index < -0.39 is 0 Å². The fourth-order valence-electron chi connectivity index (χ4n) is 3.10. The summed E-state index contributed by atoms with van der Waals surface area (Å²) < 4.78 is 13.5. The summed E-state index contributed by atoms with van der Waals surface area (Å²) in [6.07, 6.45) is 2.27. The average molecular weight is 307 g/mol. The predicted octanol–water partition coefficient (Wildman–Crippen LogP) is 1.81. The first-order valence-corrected chi connectivity index (χ1v) is 7.97. The number of nitrogens with two attached hydrogens (primary N) is 1. The van der Waals surface area contributed by atoms with Crippen LogP contribution in [0.5, 0.6) is 0 Å². The van der Waals surface area contributed by atoms with Crippen LogP contribution in [0.4, 0.5) is 4.39 Å². The van der Waals surface area contributed by atoms with Crippen molar-refractivity contribution >= 4 is 5.91 Å². The molecule has 0 aliphatic carbocycles. The Bertz CT molecular complexity index is 521. The quantitative estimate of drug-likeness (QED) is 0.872. The van der Waals surface area contributed by atoms with Gasteiger partial charge in [-0.25, -0.2) is 4.39 Å². The number of likely N-dealkylation sites (tertiary alicyclic amines) is 1. The van der Waals surface area contributed by atoms with Gasteiger partial charge < -0.3 is 11.1 Å². The van der Waals surface area contributed by atoms with Crippen molar-refractivity contribution in [1.82, 2.24) is 10.2 Å². The molecule has 122 valence electrons. The number of hydrogen-bond donors (Lipinski definition) is 2. The molecule has 0 spiro atoms. The summed E-state index contributed by atoms with van der Waals surface area (Å²) in [6, 6.07) is 5.32. The van der Waals surface area contributed by atoms with Crippen LogP contribution in [0.1, 0.15) is 30.9 Å². The Labute approximate surface area is 131 Å². The zero-order valence-corrected chi connectivity index (χ0v) is 13.4. The number of carbonyl (C=O) groups excluding carboxylic acids is 1. The van der Waals surface area contributed by atoms with Gasteiger partial charge in [-0.3, -0.25) is 9.69 Å². The van der Waals surface area contributed by atoms with Crippen LogP contribution < -0.4 is 11.1 Å². The molecule has 1 fully saturated rings. The van der Waals surface area contributed by atoms with Gasteiger partial charge >= 0.3 is 0 Å². The molecule has 1 aliphatic heterocycles. The highest BCUT2D eigenvalue weighted by molar-refractivity contribution is 5.78. The maximum atomic E-state index is 13.5. The van der Waals surface area contributed by atoms with Gasteiger partial charge in [0.05, 0.1) is 6.54 Å². The number of nitrogens with zero attached hydrogens (tertiary/aromatic N) is 1. The van der Waals surface area contributed by atoms with Crippen LogP contribution in [0.2, 0.25) is 0 Å². The molecule has 2 unspecified atom stereocenters. The zero-order chi connectivity index (χ0) is 16.1. The van der Waals surface area contributed by atoms with E-state index in [0.29, 0.717) is 31.1 Å². The molecule has 0 aromatic heterocycles. The lowest BCUT2D eigenvalue weighted by atomic mass is 9.91. The molecular weight excluding hydrogens is 281 g/mol. The minimum Gasteiger partial charge on any atom is -0.351 e. The molecular formula is C17H26FN3O. The molecule has 0 radical (unpaired) electrons. The van der Waals surface area contributed by atoms with Crippen LogP contribution >= 0.6 is 0 Å². The van der Waals surface area contributed by atoms with E-state index in [1.165, 1.54) is 12.5 Å². The predicted molar refractivity (Wildman–Crippen MR) is 85.8 cm³/mol. The monoisotopic (exact) mass is 307 g/mol. The van der Waals surface area contributed by atoms with E-state index in [1.807, 2.05) is 6.07 Å². The Balaban J connectivity index is 1.85. The van der Waals surface area contributed by atoms with Crippen molar-refractivity contribution in [3.8, 4) is 0 Å². The van der Waals surface area contributed by atoms with Crippen molar-refractivity contribution in [2.24, 2.45) is 11.7 Å². The van der Waals surface area contributed by atoms with Crippen molar-refractivity contribution in [1.29, 1.82) is 0 Å². The lowest BCUT2D eigenvalue weighted by Gasteiger charge is -2.38. The summed E-state index contributed by atoms with van der Waals surface area (Å²) in [5.41, 5.74) is 7.23. The Kier molecular flexibility index (Phi) is 5.91. The van der Waals surface area contributed by atoms with Gasteiger partial charge in [-0.2, -0.15) is 0 Å². The molecule has 1 aromatic rings. The fraction of sp³-hybridized carbons (Fsp3) is 0.588. The van der Waals surface area contributed by atoms with Gasteiger partial charge in [0.25, 0.3) is 0 Å². The number of rotatable bonds is 5. The number of carbonyl (C=O) groups is 1. The molecule has 1 amide bonds. The summed E-state index contributed by atoms with van der Waals surface area (Å²) in [4.78, 5) is 14.3. The van der Waals surface area contributed by atoms with Gasteiger partial charge in [-0.1, -0.05) is 19.1 Å². The molecule has 3 N–H and O–H groups in total. The standard InChI is InChI=1S/C17H26FN3O/c1-12-5-6-14(8-15(12)18)10-20-17(22)11-21-7-3-4-13(2)16(21)9-19/h5-6,8,13,16H,3-4,7,9-11,19H2,1-2H3,(H,20,22). The topological polar surface area (TPSA) is 58.4 Å². The van der Waals surface area contributed by atoms with Crippen molar-refractivity contribution in [2.75, 3.05) is 19.6 Å². The number of halogens is 1. The van der Waals surface area contributed by atoms with E-state index in [9.17, 15) is 9.18 Å². The molecule has 0 bridgehead atoms. The van der Waals surface area contributed by atoms with Gasteiger partial charge in [0.2, 0.25) is 5.91 Å². The lowest BCUT2D eigenvalue weighted by Crippen LogP contribution is -2.51. The van der Waals surface area contributed by atoms with E-state index in [-0.39, 0.29) is 17.8 Å². The van der Waals surface area contributed by atoms with E-state index in [4.69, 9.17) is 5.73 Å². The fourth-order valence-corrected chi connectivity index (χ4v) is 3.10. The molecule has 5 heteroatoms. The van der Waals surface area contributed by atoms with Crippen LogP contribution in [0.15, 0.2) is 18.2 Å². The van der Waals surface area contributed by atoms with Crippen LogP contribution in [0, 0.1) is 18.7 Å². The molecule has 22 heavy (non-hydrogen) atoms. The normalized spacial score (nSPS) is 22.5. The number of nitrogens with one attached hydrogen (secondary N) is 1. The minimum absolute atomic E-state index is 0.0338. The second kappa shape index (κ2) is 7.70. The van der Waals surface area contributed by atoms with Crippen molar-refractivity contribution in [2.45, 2.75) is 39.3 Å². The number of amides is 1. The maximum absolute atomic E-state index is 13.5. The SMILES string of the molecule is Cc1ccc(CNC(=O)CN2CCCC(C)C2CN)cc1F. The summed E-state index contributed by atoms with van der Waals surface area (Å²) >= 11 is 0. The van der Waals surface area contributed by atoms with Crippen molar-refractivity contribution in [3.05, 3.63) is 35.1 Å². The Morgan fingerprint density at radius 2 is 2.27 bits per heavy atom. The number of aryl methyl sites for hydroxylation is 1. The molecule has 1 aliphatic rings. The van der Waals surface area contributed by atoms with E-state index >= 15 is 0 Å². The molecule has 2 atom stereocenters. The molecule has 2 rings (SSSR count). The first-order chi connectivity index (χ1) is 10.5. The zero-order valence-electron chi connectivity index (χ0n) is 13.4. The third kappa shape index (κ3) is 4.27. The third-order valence-electron chi connectivity index (χ3n) is 4.54. The van der Waals surface area contributed by atoms with Crippen LogP contribution in [-0.4, -0.2) is 36.5 Å². The van der Waals surface area contributed by atoms with Crippen molar-refractivity contribution < 1.29 is 9.18 Å². The maximum Gasteiger partial charge on any atom is 0.234 e. The summed E-state index contributed by atoms with van der Waals surface area (Å²) in [5.74, 6) is 0.256. The molecule has 4 nitrogen and oxygen atoms in total. The van der Waals surface area contributed by atoms with Gasteiger partial charge in [-0.15, -0.1) is 0 Å². The van der Waals surface area contributed by atoms with Crippen LogP contribution in [0.25, 0.3) is 0 Å². The van der Waals surface area contributed by atoms with E-state index in [2.05, 4.69) is 17.1 Å². The number of piperidine rings is 1. The number of benzene rings is 1. The first-order valence-electron chi connectivity index (χ1n) is 7.97. The lowest BCUT2D eigenvalue weighted by molar-refractivity contribution is -0.123. The first kappa shape index (κ1) is 16.9. The summed E-state index contributed by atoms with van der Waals surface area (Å²) in [7, 11) is 0. The van der Waals surface area contributed by atoms with Crippen molar-refractivity contribution in [3.63, 3.8) is 0 Å². The third-order valence-corrected chi connectivity index (χ3v) is 4.54. The molecule has 1 aromatic carbocycles. The Morgan fingerprint density at radius 1 is 1.50 bits per heavy atom. The Morgan fingerprint density at radius 3 is 2.95 bits per heavy atom. The molecule has 0 saturated carbocycles. The summed E-state index contributed by atoms with van der Waals surface area (Å²) in [5, 5.41) is 2.86. The van der Waals surface area contributed by atoms with Gasteiger partial charge in [0, 0.05) is 19.1 Å². The minimum atomic E-state index is -0.236. The van der Waals surface area contributed by atoms with E-state index in [0.717, 1.165) is 18.5 Å². The number of hydrogen-bond acceptors (Lipinski definition) is 3. The smallest absolute Gasteiger partial charge is 0.234 e. The molecule has 1 saturated heterocycles. The van der Waals surface area contributed by atoms with Crippen LogP contribution in [0.3, 0.4) is 0 Å². The largest absolute Gasteiger partial charge is 0.351 e. The second-order valence-corrected chi connectivity index (χ2v) is 6.25. The summed E-state index contributed by atoms with van der Waals surface area (Å²) in [6.45, 7) is 6.13. The highest BCUT2D eigenvalue weighted by Gasteiger charge is 2.28.